The predicted molar refractivity (Wildman–Crippen MR) is 349 cm³/mol. The summed E-state index contributed by atoms with van der Waals surface area (Å²) in [6, 6.07) is 81.2. The van der Waals surface area contributed by atoms with Gasteiger partial charge in [0.1, 0.15) is 6.07 Å². The summed E-state index contributed by atoms with van der Waals surface area (Å²) in [4.78, 5) is 16.1. The molecule has 402 valence electrons. The van der Waals surface area contributed by atoms with E-state index in [4.69, 9.17) is 15.0 Å². The van der Waals surface area contributed by atoms with Gasteiger partial charge in [-0.05, 0) is 183 Å². The monoisotopic (exact) mass is 1080 g/mol. The number of hydrogen-bond donors (Lipinski definition) is 0. The van der Waals surface area contributed by atoms with Crippen LogP contribution in [0.15, 0.2) is 218 Å². The first-order chi connectivity index (χ1) is 40.8. The molecule has 14 rings (SSSR count). The molecular formula is C78H60N6. The highest BCUT2D eigenvalue weighted by Crippen LogP contribution is 2.45. The number of rotatable bonds is 9. The fourth-order valence-electron chi connectivity index (χ4n) is 12.9. The molecule has 14 aromatic rings. The van der Waals surface area contributed by atoms with E-state index in [1.807, 2.05) is 60.7 Å². The van der Waals surface area contributed by atoms with Crippen LogP contribution in [0.4, 0.5) is 0 Å². The van der Waals surface area contributed by atoms with Gasteiger partial charge in [-0.1, -0.05) is 180 Å². The van der Waals surface area contributed by atoms with Gasteiger partial charge in [-0.3, -0.25) is 0 Å². The van der Waals surface area contributed by atoms with E-state index in [1.165, 1.54) is 66.8 Å². The minimum absolute atomic E-state index is 0.479. The highest BCUT2D eigenvalue weighted by molar-refractivity contribution is 6.14. The van der Waals surface area contributed by atoms with Gasteiger partial charge in [0, 0.05) is 38.2 Å². The Morgan fingerprint density at radius 3 is 0.929 bits per heavy atom. The lowest BCUT2D eigenvalue weighted by Gasteiger charge is -2.19. The summed E-state index contributed by atoms with van der Waals surface area (Å²) in [5.41, 5.74) is 27.5. The molecule has 0 saturated carbocycles. The largest absolute Gasteiger partial charge is 0.308 e. The topological polar surface area (TPSA) is 72.3 Å². The maximum atomic E-state index is 11.9. The van der Waals surface area contributed by atoms with Crippen LogP contribution in [-0.4, -0.2) is 24.1 Å². The number of nitriles is 1. The van der Waals surface area contributed by atoms with E-state index in [2.05, 4.69) is 228 Å². The smallest absolute Gasteiger partial charge is 0.166 e. The number of fused-ring (bicyclic) bond motifs is 6. The first-order valence-electron chi connectivity index (χ1n) is 28.8. The molecular weight excluding hydrogens is 1020 g/mol. The van der Waals surface area contributed by atoms with Crippen molar-refractivity contribution in [3.05, 3.63) is 268 Å². The number of aromatic nitrogens is 5. The summed E-state index contributed by atoms with van der Waals surface area (Å²) in [6.07, 6.45) is 0. The molecule has 0 fully saturated rings. The third-order valence-corrected chi connectivity index (χ3v) is 17.0. The lowest BCUT2D eigenvalue weighted by atomic mass is 9.95. The highest BCUT2D eigenvalue weighted by atomic mass is 15.1. The number of nitrogens with zero attached hydrogens (tertiary/aromatic N) is 6. The lowest BCUT2D eigenvalue weighted by molar-refractivity contribution is 1.06. The van der Waals surface area contributed by atoms with E-state index < -0.39 is 0 Å². The lowest BCUT2D eigenvalue weighted by Crippen LogP contribution is -2.07. The molecule has 0 aliphatic carbocycles. The molecule has 0 bridgehead atoms. The molecule has 0 radical (unpaired) electrons. The molecule has 0 saturated heterocycles. The Bertz CT molecular complexity index is 4780. The third kappa shape index (κ3) is 8.93. The fraction of sp³-hybridized carbons (Fsp3) is 0.103. The van der Waals surface area contributed by atoms with Crippen LogP contribution in [0.3, 0.4) is 0 Å². The predicted octanol–water partition coefficient (Wildman–Crippen LogP) is 20.1. The molecule has 0 spiro atoms. The van der Waals surface area contributed by atoms with Crippen molar-refractivity contribution < 1.29 is 0 Å². The van der Waals surface area contributed by atoms with Gasteiger partial charge >= 0.3 is 0 Å². The zero-order valence-corrected chi connectivity index (χ0v) is 48.5. The van der Waals surface area contributed by atoms with Crippen LogP contribution >= 0.6 is 0 Å². The van der Waals surface area contributed by atoms with Crippen LogP contribution < -0.4 is 0 Å². The maximum Gasteiger partial charge on any atom is 0.166 e. The zero-order chi connectivity index (χ0) is 57.5. The summed E-state index contributed by atoms with van der Waals surface area (Å²) in [5, 5.41) is 16.2. The van der Waals surface area contributed by atoms with E-state index in [1.54, 1.807) is 0 Å². The van der Waals surface area contributed by atoms with Gasteiger partial charge in [-0.2, -0.15) is 5.26 Å². The van der Waals surface area contributed by atoms with E-state index in [9.17, 15) is 5.26 Å². The summed E-state index contributed by atoms with van der Waals surface area (Å²) < 4.78 is 4.61. The number of aryl methyl sites for hydroxylation is 8. The maximum absolute atomic E-state index is 11.9. The van der Waals surface area contributed by atoms with Crippen molar-refractivity contribution in [2.45, 2.75) is 55.4 Å². The van der Waals surface area contributed by atoms with Crippen LogP contribution in [0.25, 0.3) is 134 Å². The SMILES string of the molecule is Cc1ccc(-c2ccc3c(c2)c2cc(-c4ccc(C)cc4C)ccc2n3-c2cc(-c3nc(-c4ccccc4)nc(-c4ccccc4)n3)c(-n3c4ccc(-c5ccc(C)cc5C)cc4c4cc(-c5ccc(C)cc5C)ccc43)cc2C#N)c(C)c1. The van der Waals surface area contributed by atoms with Crippen LogP contribution in [0.2, 0.25) is 0 Å². The van der Waals surface area contributed by atoms with Gasteiger partial charge in [-0.25, -0.2) is 15.0 Å². The first-order valence-corrected chi connectivity index (χ1v) is 28.8. The Balaban J connectivity index is 1.10. The van der Waals surface area contributed by atoms with Crippen LogP contribution in [0.5, 0.6) is 0 Å². The van der Waals surface area contributed by atoms with Crippen molar-refractivity contribution in [3.8, 4) is 96.1 Å². The van der Waals surface area contributed by atoms with Gasteiger partial charge in [-0.15, -0.1) is 0 Å². The molecule has 0 atom stereocenters. The average Bonchev–Trinajstić information content (AvgIpc) is 1.75. The second-order valence-electron chi connectivity index (χ2n) is 22.9. The second-order valence-corrected chi connectivity index (χ2v) is 22.9. The second kappa shape index (κ2) is 20.5. The zero-order valence-electron chi connectivity index (χ0n) is 48.5. The van der Waals surface area contributed by atoms with Crippen LogP contribution in [0.1, 0.15) is 50.1 Å². The molecule has 84 heavy (non-hydrogen) atoms. The minimum atomic E-state index is 0.479. The van der Waals surface area contributed by atoms with Crippen molar-refractivity contribution in [2.24, 2.45) is 0 Å². The third-order valence-electron chi connectivity index (χ3n) is 17.0. The average molecular weight is 1080 g/mol. The van der Waals surface area contributed by atoms with E-state index in [0.29, 0.717) is 28.7 Å². The van der Waals surface area contributed by atoms with Gasteiger partial charge in [0.2, 0.25) is 0 Å². The van der Waals surface area contributed by atoms with Gasteiger partial charge in [0.25, 0.3) is 0 Å². The van der Waals surface area contributed by atoms with E-state index in [0.717, 1.165) is 88.2 Å². The Morgan fingerprint density at radius 1 is 0.286 bits per heavy atom. The molecule has 3 aromatic heterocycles. The van der Waals surface area contributed by atoms with Crippen molar-refractivity contribution in [1.82, 2.24) is 24.1 Å². The summed E-state index contributed by atoms with van der Waals surface area (Å²) in [5.74, 6) is 1.57. The number of benzene rings is 11. The van der Waals surface area contributed by atoms with E-state index >= 15 is 0 Å². The van der Waals surface area contributed by atoms with Crippen molar-refractivity contribution in [3.63, 3.8) is 0 Å². The highest BCUT2D eigenvalue weighted by Gasteiger charge is 2.26. The van der Waals surface area contributed by atoms with Gasteiger partial charge in [0.05, 0.1) is 39.0 Å². The van der Waals surface area contributed by atoms with Crippen molar-refractivity contribution >= 4 is 43.6 Å². The van der Waals surface area contributed by atoms with Crippen molar-refractivity contribution in [1.29, 1.82) is 5.26 Å². The molecule has 11 aromatic carbocycles. The molecule has 0 amide bonds. The Morgan fingerprint density at radius 2 is 0.607 bits per heavy atom. The quantitative estimate of drug-likeness (QED) is 0.144. The van der Waals surface area contributed by atoms with E-state index in [-0.39, 0.29) is 0 Å². The summed E-state index contributed by atoms with van der Waals surface area (Å²) >= 11 is 0. The Labute approximate surface area is 490 Å². The molecule has 0 unspecified atom stereocenters. The molecule has 6 heteroatoms. The molecule has 0 aliphatic rings. The molecule has 3 heterocycles. The standard InChI is InChI=1S/C78H60N6/c1-46-19-27-61(50(5)35-46)56-23-31-70-65(39-56)66-40-57(62-28-20-47(2)36-51(62)6)24-32-71(66)83(70)74-44-69(78-81-76(54-15-11-9-12-16-54)80-77(82-78)55-17-13-10-14-18-55)75(43-60(74)45-79)84-72-33-25-58(63-29-21-48(3)37-52(63)7)41-67(72)68-42-59(26-34-73(68)84)64-30-22-49(4)38-53(64)8/h9-44H,1-8H3. The normalized spacial score (nSPS) is 11.6. The molecule has 0 aliphatic heterocycles. The Kier molecular flexibility index (Phi) is 12.6. The summed E-state index contributed by atoms with van der Waals surface area (Å²) in [7, 11) is 0. The van der Waals surface area contributed by atoms with Crippen LogP contribution in [0, 0.1) is 66.7 Å². The van der Waals surface area contributed by atoms with Crippen LogP contribution in [-0.2, 0) is 0 Å². The fourth-order valence-corrected chi connectivity index (χ4v) is 12.9. The Hall–Kier alpha value is -10.5. The minimum Gasteiger partial charge on any atom is -0.308 e. The number of hydrogen-bond acceptors (Lipinski definition) is 4. The molecule has 0 N–H and O–H groups in total. The van der Waals surface area contributed by atoms with Gasteiger partial charge < -0.3 is 9.13 Å². The van der Waals surface area contributed by atoms with Gasteiger partial charge in [0.15, 0.2) is 17.5 Å². The first kappa shape index (κ1) is 51.7. The summed E-state index contributed by atoms with van der Waals surface area (Å²) in [6.45, 7) is 17.3. The van der Waals surface area contributed by atoms with Crippen molar-refractivity contribution in [2.75, 3.05) is 0 Å². The molecule has 6 nitrogen and oxygen atoms in total.